The van der Waals surface area contributed by atoms with Crippen molar-refractivity contribution in [2.24, 2.45) is 5.10 Å². The predicted octanol–water partition coefficient (Wildman–Crippen LogP) is 2.29. The van der Waals surface area contributed by atoms with Gasteiger partial charge in [0.2, 0.25) is 0 Å². The van der Waals surface area contributed by atoms with Gasteiger partial charge in [0.05, 0.1) is 29.5 Å². The average molecular weight is 428 g/mol. The molecule has 0 spiro atoms. The third-order valence-corrected chi connectivity index (χ3v) is 5.69. The SMILES string of the molecule is Bc1ccc(O)c(/C=N/NC(=O)CSc2nc3ccccc3n2Cc2ccccc2)c1. The van der Waals surface area contributed by atoms with E-state index >= 15 is 0 Å². The molecular formula is C23H21BN4O2S. The fraction of sp³-hybridized carbons (Fsp3) is 0.0870. The summed E-state index contributed by atoms with van der Waals surface area (Å²) in [4.78, 5) is 17.0. The largest absolute Gasteiger partial charge is 0.507 e. The van der Waals surface area contributed by atoms with Crippen molar-refractivity contribution < 1.29 is 9.90 Å². The van der Waals surface area contributed by atoms with Crippen LogP contribution in [0.4, 0.5) is 0 Å². The lowest BCUT2D eigenvalue weighted by Gasteiger charge is -2.09. The summed E-state index contributed by atoms with van der Waals surface area (Å²) in [5.41, 5.74) is 7.16. The van der Waals surface area contributed by atoms with Crippen molar-refractivity contribution in [1.82, 2.24) is 15.0 Å². The second-order valence-corrected chi connectivity index (χ2v) is 8.04. The van der Waals surface area contributed by atoms with Crippen molar-refractivity contribution in [2.75, 3.05) is 5.75 Å². The summed E-state index contributed by atoms with van der Waals surface area (Å²) in [6.45, 7) is 0.677. The van der Waals surface area contributed by atoms with E-state index in [9.17, 15) is 9.90 Å². The monoisotopic (exact) mass is 428 g/mol. The molecule has 1 amide bonds. The van der Waals surface area contributed by atoms with Gasteiger partial charge >= 0.3 is 0 Å². The summed E-state index contributed by atoms with van der Waals surface area (Å²) >= 11 is 1.37. The molecule has 0 aliphatic rings. The Balaban J connectivity index is 1.44. The van der Waals surface area contributed by atoms with Crippen molar-refractivity contribution in [1.29, 1.82) is 0 Å². The van der Waals surface area contributed by atoms with Gasteiger partial charge in [-0.2, -0.15) is 5.10 Å². The third-order valence-electron chi connectivity index (χ3n) is 4.71. The Morgan fingerprint density at radius 2 is 1.90 bits per heavy atom. The van der Waals surface area contributed by atoms with Gasteiger partial charge < -0.3 is 9.67 Å². The van der Waals surface area contributed by atoms with Gasteiger partial charge in [-0.3, -0.25) is 4.79 Å². The number of carbonyl (C=O) groups is 1. The summed E-state index contributed by atoms with van der Waals surface area (Å²) < 4.78 is 2.12. The van der Waals surface area contributed by atoms with E-state index in [0.29, 0.717) is 12.1 Å². The molecule has 0 aliphatic carbocycles. The number of imidazole rings is 1. The Bertz CT molecular complexity index is 1240. The van der Waals surface area contributed by atoms with E-state index in [1.165, 1.54) is 23.5 Å². The predicted molar refractivity (Wildman–Crippen MR) is 128 cm³/mol. The molecule has 0 bridgehead atoms. The molecule has 31 heavy (non-hydrogen) atoms. The van der Waals surface area contributed by atoms with Gasteiger partial charge in [-0.25, -0.2) is 10.4 Å². The minimum absolute atomic E-state index is 0.118. The molecule has 3 aromatic carbocycles. The Morgan fingerprint density at radius 3 is 2.74 bits per heavy atom. The standard InChI is InChI=1S/C23H21BN4O2S/c24-18-10-11-21(29)17(12-18)13-25-27-22(30)15-31-23-26-19-8-4-5-9-20(19)28(23)14-16-6-2-1-3-7-16/h1-13,29H,14-15,24H2,(H,27,30)/b25-13+. The molecule has 6 nitrogen and oxygen atoms in total. The lowest BCUT2D eigenvalue weighted by atomic mass is 9.94. The summed E-state index contributed by atoms with van der Waals surface area (Å²) in [7, 11) is 1.92. The summed E-state index contributed by atoms with van der Waals surface area (Å²) in [6, 6.07) is 23.3. The van der Waals surface area contributed by atoms with Crippen LogP contribution in [-0.2, 0) is 11.3 Å². The van der Waals surface area contributed by atoms with Gasteiger partial charge in [-0.05, 0) is 23.8 Å². The first-order valence-electron chi connectivity index (χ1n) is 9.83. The van der Waals surface area contributed by atoms with Crippen molar-refractivity contribution in [3.05, 3.63) is 83.9 Å². The maximum atomic E-state index is 12.3. The molecule has 0 unspecified atom stereocenters. The second kappa shape index (κ2) is 9.53. The topological polar surface area (TPSA) is 79.5 Å². The normalized spacial score (nSPS) is 11.2. The van der Waals surface area contributed by atoms with Crippen LogP contribution in [0.1, 0.15) is 11.1 Å². The van der Waals surface area contributed by atoms with Crippen molar-refractivity contribution >= 4 is 48.2 Å². The number of nitrogens with zero attached hydrogens (tertiary/aromatic N) is 3. The van der Waals surface area contributed by atoms with Crippen molar-refractivity contribution in [2.45, 2.75) is 11.7 Å². The number of hydrazone groups is 1. The molecular weight excluding hydrogens is 407 g/mol. The number of amides is 1. The molecule has 2 N–H and O–H groups in total. The highest BCUT2D eigenvalue weighted by Gasteiger charge is 2.13. The number of para-hydroxylation sites is 2. The highest BCUT2D eigenvalue weighted by molar-refractivity contribution is 7.99. The van der Waals surface area contributed by atoms with Crippen LogP contribution in [0.25, 0.3) is 11.0 Å². The summed E-state index contributed by atoms with van der Waals surface area (Å²) in [6.07, 6.45) is 1.44. The minimum atomic E-state index is -0.244. The maximum absolute atomic E-state index is 12.3. The number of nitrogens with one attached hydrogen (secondary N) is 1. The fourth-order valence-electron chi connectivity index (χ4n) is 3.20. The molecule has 0 saturated carbocycles. The van der Waals surface area contributed by atoms with Crippen LogP contribution < -0.4 is 10.9 Å². The number of phenolic OH excluding ortho intramolecular Hbond substituents is 1. The maximum Gasteiger partial charge on any atom is 0.250 e. The fourth-order valence-corrected chi connectivity index (χ4v) is 4.00. The van der Waals surface area contributed by atoms with E-state index in [4.69, 9.17) is 4.98 Å². The smallest absolute Gasteiger partial charge is 0.250 e. The van der Waals surface area contributed by atoms with Gasteiger partial charge in [-0.1, -0.05) is 71.8 Å². The molecule has 4 aromatic rings. The Morgan fingerprint density at radius 1 is 1.13 bits per heavy atom. The van der Waals surface area contributed by atoms with Crippen LogP contribution in [0.15, 0.2) is 83.1 Å². The quantitative estimate of drug-likeness (QED) is 0.205. The highest BCUT2D eigenvalue weighted by atomic mass is 32.2. The summed E-state index contributed by atoms with van der Waals surface area (Å²) in [5, 5.41) is 14.6. The van der Waals surface area contributed by atoms with E-state index in [0.717, 1.165) is 21.7 Å². The number of carbonyl (C=O) groups excluding carboxylic acids is 1. The van der Waals surface area contributed by atoms with Gasteiger partial charge in [0.15, 0.2) is 5.16 Å². The Labute approximate surface area is 185 Å². The number of hydrogen-bond acceptors (Lipinski definition) is 5. The van der Waals surface area contributed by atoms with Crippen LogP contribution in [0.2, 0.25) is 0 Å². The number of benzene rings is 3. The molecule has 0 radical (unpaired) electrons. The lowest BCUT2D eigenvalue weighted by molar-refractivity contribution is -0.118. The first-order chi connectivity index (χ1) is 15.1. The number of aromatic nitrogens is 2. The zero-order valence-electron chi connectivity index (χ0n) is 17.0. The van der Waals surface area contributed by atoms with E-state index < -0.39 is 0 Å². The van der Waals surface area contributed by atoms with Crippen LogP contribution in [0.3, 0.4) is 0 Å². The van der Waals surface area contributed by atoms with Crippen molar-refractivity contribution in [3.63, 3.8) is 0 Å². The van der Waals surface area contributed by atoms with Crippen LogP contribution in [-0.4, -0.2) is 40.4 Å². The Hall–Kier alpha value is -3.52. The molecule has 4 rings (SSSR count). The molecule has 1 heterocycles. The first kappa shape index (κ1) is 20.7. The molecule has 8 heteroatoms. The number of hydrogen-bond donors (Lipinski definition) is 2. The minimum Gasteiger partial charge on any atom is -0.507 e. The van der Waals surface area contributed by atoms with E-state index in [-0.39, 0.29) is 17.4 Å². The van der Waals surface area contributed by atoms with Gasteiger partial charge in [0, 0.05) is 5.56 Å². The number of rotatable bonds is 7. The molecule has 154 valence electrons. The van der Waals surface area contributed by atoms with Crippen LogP contribution >= 0.6 is 11.8 Å². The third kappa shape index (κ3) is 5.16. The second-order valence-electron chi connectivity index (χ2n) is 7.10. The number of thioether (sulfide) groups is 1. The van der Waals surface area contributed by atoms with Crippen LogP contribution in [0, 0.1) is 0 Å². The first-order valence-corrected chi connectivity index (χ1v) is 10.8. The molecule has 0 fully saturated rings. The highest BCUT2D eigenvalue weighted by Crippen LogP contribution is 2.25. The molecule has 0 saturated heterocycles. The average Bonchev–Trinajstić information content (AvgIpc) is 3.13. The molecule has 0 atom stereocenters. The van der Waals surface area contributed by atoms with Gasteiger partial charge in [0.25, 0.3) is 5.91 Å². The number of aromatic hydroxyl groups is 1. The number of phenols is 1. The lowest BCUT2D eigenvalue weighted by Crippen LogP contribution is -2.20. The Kier molecular flexibility index (Phi) is 6.38. The van der Waals surface area contributed by atoms with Gasteiger partial charge in [0.1, 0.15) is 13.6 Å². The van der Waals surface area contributed by atoms with E-state index in [1.54, 1.807) is 12.1 Å². The molecule has 1 aromatic heterocycles. The van der Waals surface area contributed by atoms with Gasteiger partial charge in [-0.15, -0.1) is 0 Å². The zero-order valence-corrected chi connectivity index (χ0v) is 17.8. The van der Waals surface area contributed by atoms with Crippen molar-refractivity contribution in [3.8, 4) is 5.75 Å². The number of fused-ring (bicyclic) bond motifs is 1. The van der Waals surface area contributed by atoms with E-state index in [2.05, 4.69) is 27.2 Å². The van der Waals surface area contributed by atoms with E-state index in [1.807, 2.05) is 56.4 Å². The summed E-state index contributed by atoms with van der Waals surface area (Å²) in [5.74, 6) is 0.0502. The van der Waals surface area contributed by atoms with Crippen LogP contribution in [0.5, 0.6) is 5.75 Å². The zero-order chi connectivity index (χ0) is 21.6. The molecule has 0 aliphatic heterocycles.